The molecule has 10 heteroatoms. The van der Waals surface area contributed by atoms with Crippen LogP contribution in [0.3, 0.4) is 0 Å². The van der Waals surface area contributed by atoms with E-state index < -0.39 is 40.9 Å². The third-order valence-corrected chi connectivity index (χ3v) is 4.48. The number of anilines is 2. The maximum absolute atomic E-state index is 13.6. The normalized spacial score (nSPS) is 15.3. The second-order valence-electron chi connectivity index (χ2n) is 6.38. The van der Waals surface area contributed by atoms with Gasteiger partial charge in [-0.25, -0.2) is 4.79 Å². The van der Waals surface area contributed by atoms with Gasteiger partial charge in [0.05, 0.1) is 22.5 Å². The van der Waals surface area contributed by atoms with Crippen molar-refractivity contribution in [2.45, 2.75) is 12.4 Å². The van der Waals surface area contributed by atoms with Gasteiger partial charge in [0.25, 0.3) is 0 Å². The van der Waals surface area contributed by atoms with E-state index in [1.807, 2.05) is 0 Å². The molecule has 1 fully saturated rings. The van der Waals surface area contributed by atoms with E-state index in [-0.39, 0.29) is 13.1 Å². The number of halogens is 6. The molecule has 4 nitrogen and oxygen atoms in total. The second kappa shape index (κ2) is 7.94. The highest BCUT2D eigenvalue weighted by Gasteiger charge is 2.41. The summed E-state index contributed by atoms with van der Waals surface area (Å²) in [6.45, 7) is 1.11. The third kappa shape index (κ3) is 4.47. The summed E-state index contributed by atoms with van der Waals surface area (Å²) in [5.41, 5.74) is -3.69. The highest BCUT2D eigenvalue weighted by Crippen LogP contribution is 2.43. The van der Waals surface area contributed by atoms with Gasteiger partial charge in [-0.1, -0.05) is 24.3 Å². The number of nitrogens with zero attached hydrogens (tertiary/aromatic N) is 2. The lowest BCUT2D eigenvalue weighted by Crippen LogP contribution is -2.51. The molecule has 3 rings (SSSR count). The van der Waals surface area contributed by atoms with Crippen LogP contribution >= 0.6 is 0 Å². The minimum Gasteiger partial charge on any atom is -0.322 e. The number of rotatable bonds is 2. The highest BCUT2D eigenvalue weighted by molar-refractivity contribution is 6.01. The van der Waals surface area contributed by atoms with Crippen LogP contribution in [0.2, 0.25) is 0 Å². The maximum Gasteiger partial charge on any atom is 0.418 e. The van der Waals surface area contributed by atoms with E-state index in [1.54, 1.807) is 0 Å². The van der Waals surface area contributed by atoms with Crippen LogP contribution in [0.25, 0.3) is 0 Å². The number of hydrogen-bond acceptors (Lipinski definition) is 2. The minimum absolute atomic E-state index is 0.164. The fourth-order valence-electron chi connectivity index (χ4n) is 3.15. The average molecular weight is 417 g/mol. The van der Waals surface area contributed by atoms with Gasteiger partial charge in [0.1, 0.15) is 0 Å². The third-order valence-electron chi connectivity index (χ3n) is 4.48. The summed E-state index contributed by atoms with van der Waals surface area (Å²) in [7, 11) is 0. The first-order valence-corrected chi connectivity index (χ1v) is 8.73. The zero-order valence-electron chi connectivity index (χ0n) is 15.0. The van der Waals surface area contributed by atoms with E-state index >= 15 is 0 Å². The molecule has 0 aromatic heterocycles. The molecule has 1 saturated heterocycles. The van der Waals surface area contributed by atoms with Gasteiger partial charge in [-0.2, -0.15) is 26.3 Å². The van der Waals surface area contributed by atoms with Crippen LogP contribution in [0.15, 0.2) is 48.5 Å². The molecule has 0 spiro atoms. The Labute approximate surface area is 162 Å². The fourth-order valence-corrected chi connectivity index (χ4v) is 3.15. The Hall–Kier alpha value is -2.75. The molecule has 0 atom stereocenters. The van der Waals surface area contributed by atoms with E-state index in [4.69, 9.17) is 0 Å². The smallest absolute Gasteiger partial charge is 0.322 e. The zero-order chi connectivity index (χ0) is 21.2. The summed E-state index contributed by atoms with van der Waals surface area (Å²) in [4.78, 5) is 14.9. The monoisotopic (exact) mass is 417 g/mol. The molecule has 1 aliphatic heterocycles. The molecule has 0 unspecified atom stereocenters. The summed E-state index contributed by atoms with van der Waals surface area (Å²) >= 11 is 0. The number of piperazine rings is 1. The largest absolute Gasteiger partial charge is 0.418 e. The Morgan fingerprint density at radius 2 is 1.21 bits per heavy atom. The lowest BCUT2D eigenvalue weighted by atomic mass is 10.1. The van der Waals surface area contributed by atoms with Crippen molar-refractivity contribution in [1.29, 1.82) is 0 Å². The summed E-state index contributed by atoms with van der Waals surface area (Å²) in [6.07, 6.45) is -9.71. The standard InChI is InChI=1S/C19H17F6N3O/c20-18(21,22)13-5-1-3-7-15(13)28(17(29)27-11-9-26-10-12-27)16-8-4-2-6-14(16)19(23,24)25/h1-8,26H,9-12H2. The number of hydrogen-bond donors (Lipinski definition) is 1. The average Bonchev–Trinajstić information content (AvgIpc) is 2.68. The minimum atomic E-state index is -4.86. The van der Waals surface area contributed by atoms with Crippen molar-refractivity contribution in [3.8, 4) is 0 Å². The van der Waals surface area contributed by atoms with E-state index in [0.29, 0.717) is 18.0 Å². The van der Waals surface area contributed by atoms with E-state index in [2.05, 4.69) is 5.32 Å². The van der Waals surface area contributed by atoms with Gasteiger partial charge in [0.2, 0.25) is 0 Å². The SMILES string of the molecule is O=C(N1CCNCC1)N(c1ccccc1C(F)(F)F)c1ccccc1C(F)(F)F. The number of amides is 2. The van der Waals surface area contributed by atoms with Gasteiger partial charge in [0, 0.05) is 26.2 Å². The number of alkyl halides is 6. The molecule has 156 valence electrons. The van der Waals surface area contributed by atoms with E-state index in [1.165, 1.54) is 17.0 Å². The molecule has 2 aromatic carbocycles. The molecule has 0 bridgehead atoms. The predicted molar refractivity (Wildman–Crippen MR) is 94.9 cm³/mol. The Kier molecular flexibility index (Phi) is 5.74. The van der Waals surface area contributed by atoms with Gasteiger partial charge in [-0.05, 0) is 24.3 Å². The van der Waals surface area contributed by atoms with Crippen molar-refractivity contribution in [1.82, 2.24) is 10.2 Å². The number of nitrogens with one attached hydrogen (secondary N) is 1. The van der Waals surface area contributed by atoms with Crippen LogP contribution in [0, 0.1) is 0 Å². The topological polar surface area (TPSA) is 35.6 Å². The first kappa shape index (κ1) is 21.0. The van der Waals surface area contributed by atoms with Gasteiger partial charge in [-0.3, -0.25) is 4.90 Å². The molecular weight excluding hydrogens is 400 g/mol. The zero-order valence-corrected chi connectivity index (χ0v) is 15.0. The predicted octanol–water partition coefficient (Wildman–Crippen LogP) is 4.89. The molecule has 0 radical (unpaired) electrons. The number of carbonyl (C=O) groups is 1. The summed E-state index contributed by atoms with van der Waals surface area (Å²) in [6, 6.07) is 7.27. The Bertz CT molecular complexity index is 817. The summed E-state index contributed by atoms with van der Waals surface area (Å²) in [5, 5.41) is 2.99. The number of benzene rings is 2. The molecular formula is C19H17F6N3O. The van der Waals surface area contributed by atoms with Crippen LogP contribution in [0.5, 0.6) is 0 Å². The quantitative estimate of drug-likeness (QED) is 0.707. The van der Waals surface area contributed by atoms with E-state index in [9.17, 15) is 31.1 Å². The van der Waals surface area contributed by atoms with Crippen molar-refractivity contribution in [2.24, 2.45) is 0 Å². The van der Waals surface area contributed by atoms with Crippen molar-refractivity contribution in [3.05, 3.63) is 59.7 Å². The first-order valence-electron chi connectivity index (χ1n) is 8.73. The number of urea groups is 1. The second-order valence-corrected chi connectivity index (χ2v) is 6.38. The van der Waals surface area contributed by atoms with Crippen molar-refractivity contribution >= 4 is 17.4 Å². The van der Waals surface area contributed by atoms with Crippen molar-refractivity contribution in [2.75, 3.05) is 31.1 Å². The van der Waals surface area contributed by atoms with Crippen LogP contribution in [0.4, 0.5) is 42.5 Å². The lowest BCUT2D eigenvalue weighted by Gasteiger charge is -2.35. The Morgan fingerprint density at radius 1 is 0.793 bits per heavy atom. The molecule has 0 aliphatic carbocycles. The van der Waals surface area contributed by atoms with Gasteiger partial charge in [-0.15, -0.1) is 0 Å². The first-order chi connectivity index (χ1) is 13.6. The Morgan fingerprint density at radius 3 is 1.62 bits per heavy atom. The molecule has 2 amide bonds. The summed E-state index contributed by atoms with van der Waals surface area (Å²) < 4.78 is 81.5. The molecule has 1 N–H and O–H groups in total. The van der Waals surface area contributed by atoms with Gasteiger partial charge < -0.3 is 10.2 Å². The van der Waals surface area contributed by atoms with Crippen LogP contribution in [0.1, 0.15) is 11.1 Å². The van der Waals surface area contributed by atoms with Crippen molar-refractivity contribution in [3.63, 3.8) is 0 Å². The Balaban J connectivity index is 2.22. The van der Waals surface area contributed by atoms with Crippen molar-refractivity contribution < 1.29 is 31.1 Å². The van der Waals surface area contributed by atoms with Gasteiger partial charge in [0.15, 0.2) is 0 Å². The summed E-state index contributed by atoms with van der Waals surface area (Å²) in [5.74, 6) is 0. The molecule has 0 saturated carbocycles. The molecule has 29 heavy (non-hydrogen) atoms. The molecule has 1 heterocycles. The number of para-hydroxylation sites is 2. The maximum atomic E-state index is 13.6. The van der Waals surface area contributed by atoms with Crippen LogP contribution in [-0.4, -0.2) is 37.1 Å². The molecule has 1 aliphatic rings. The van der Waals surface area contributed by atoms with Crippen LogP contribution in [-0.2, 0) is 12.4 Å². The fraction of sp³-hybridized carbons (Fsp3) is 0.316. The van der Waals surface area contributed by atoms with E-state index in [0.717, 1.165) is 36.4 Å². The number of carbonyl (C=O) groups excluding carboxylic acids is 1. The lowest BCUT2D eigenvalue weighted by molar-refractivity contribution is -0.137. The highest BCUT2D eigenvalue weighted by atomic mass is 19.4. The molecule has 2 aromatic rings. The van der Waals surface area contributed by atoms with Gasteiger partial charge >= 0.3 is 18.4 Å². The van der Waals surface area contributed by atoms with Crippen LogP contribution < -0.4 is 10.2 Å².